The molecule has 0 amide bonds. The van der Waals surface area contributed by atoms with E-state index in [1.807, 2.05) is 19.2 Å². The SMILES string of the molecule is CNc1cc2ncnc(Nc3cccc(Cl)c3F)c2cc1OCCCN1CCC(C)C1CN. The molecule has 33 heavy (non-hydrogen) atoms. The fraction of sp³-hybridized carbons (Fsp3) is 0.417. The fourth-order valence-corrected chi connectivity index (χ4v) is 4.60. The Morgan fingerprint density at radius 3 is 2.91 bits per heavy atom. The van der Waals surface area contributed by atoms with Crippen LogP contribution in [-0.4, -0.2) is 54.2 Å². The summed E-state index contributed by atoms with van der Waals surface area (Å²) < 4.78 is 20.6. The lowest BCUT2D eigenvalue weighted by atomic mass is 10.0. The topological polar surface area (TPSA) is 88.3 Å². The second kappa shape index (κ2) is 10.5. The Labute approximate surface area is 198 Å². The fourth-order valence-electron chi connectivity index (χ4n) is 4.42. The van der Waals surface area contributed by atoms with Gasteiger partial charge in [-0.05, 0) is 49.6 Å². The monoisotopic (exact) mass is 472 g/mol. The summed E-state index contributed by atoms with van der Waals surface area (Å²) in [6, 6.07) is 9.04. The van der Waals surface area contributed by atoms with E-state index in [1.165, 1.54) is 18.8 Å². The van der Waals surface area contributed by atoms with Gasteiger partial charge in [0.2, 0.25) is 0 Å². The zero-order chi connectivity index (χ0) is 23.4. The molecule has 2 heterocycles. The molecule has 1 fully saturated rings. The number of hydrogen-bond acceptors (Lipinski definition) is 7. The first-order chi connectivity index (χ1) is 16.0. The highest BCUT2D eigenvalue weighted by atomic mass is 35.5. The van der Waals surface area contributed by atoms with Crippen molar-refractivity contribution in [1.29, 1.82) is 0 Å². The maximum Gasteiger partial charge on any atom is 0.165 e. The van der Waals surface area contributed by atoms with Gasteiger partial charge in [-0.25, -0.2) is 14.4 Å². The van der Waals surface area contributed by atoms with E-state index < -0.39 is 5.82 Å². The number of halogens is 2. The van der Waals surface area contributed by atoms with Gasteiger partial charge in [0.05, 0.1) is 28.5 Å². The summed E-state index contributed by atoms with van der Waals surface area (Å²) in [4.78, 5) is 11.1. The highest BCUT2D eigenvalue weighted by Crippen LogP contribution is 2.34. The third-order valence-corrected chi connectivity index (χ3v) is 6.59. The molecule has 176 valence electrons. The van der Waals surface area contributed by atoms with E-state index >= 15 is 0 Å². The van der Waals surface area contributed by atoms with Crippen molar-refractivity contribution in [3.8, 4) is 5.75 Å². The number of rotatable bonds is 9. The number of nitrogens with two attached hydrogens (primary N) is 1. The smallest absolute Gasteiger partial charge is 0.165 e. The van der Waals surface area contributed by atoms with Gasteiger partial charge in [0.15, 0.2) is 5.82 Å². The third kappa shape index (κ3) is 5.13. The third-order valence-electron chi connectivity index (χ3n) is 6.30. The molecule has 2 atom stereocenters. The van der Waals surface area contributed by atoms with Crippen LogP contribution in [0.5, 0.6) is 5.75 Å². The van der Waals surface area contributed by atoms with Crippen LogP contribution in [0.15, 0.2) is 36.7 Å². The summed E-state index contributed by atoms with van der Waals surface area (Å²) in [5.74, 6) is 1.29. The van der Waals surface area contributed by atoms with Crippen molar-refractivity contribution < 1.29 is 9.13 Å². The van der Waals surface area contributed by atoms with Gasteiger partial charge < -0.3 is 21.1 Å². The molecule has 0 bridgehead atoms. The van der Waals surface area contributed by atoms with E-state index in [9.17, 15) is 4.39 Å². The molecule has 1 saturated heterocycles. The molecule has 4 N–H and O–H groups in total. The molecule has 0 saturated carbocycles. The summed E-state index contributed by atoms with van der Waals surface area (Å²) in [7, 11) is 1.84. The van der Waals surface area contributed by atoms with Crippen LogP contribution < -0.4 is 21.1 Å². The van der Waals surface area contributed by atoms with Crippen LogP contribution >= 0.6 is 11.6 Å². The number of likely N-dealkylation sites (tertiary alicyclic amines) is 1. The lowest BCUT2D eigenvalue weighted by Gasteiger charge is -2.25. The van der Waals surface area contributed by atoms with Crippen molar-refractivity contribution in [2.24, 2.45) is 11.7 Å². The number of nitrogens with one attached hydrogen (secondary N) is 2. The summed E-state index contributed by atoms with van der Waals surface area (Å²) in [5, 5.41) is 6.97. The van der Waals surface area contributed by atoms with Gasteiger partial charge in [0.1, 0.15) is 17.9 Å². The molecule has 7 nitrogen and oxygen atoms in total. The van der Waals surface area contributed by atoms with Crippen LogP contribution in [-0.2, 0) is 0 Å². The molecular formula is C24H30ClFN6O. The van der Waals surface area contributed by atoms with E-state index in [4.69, 9.17) is 22.1 Å². The number of nitrogens with zero attached hydrogens (tertiary/aromatic N) is 3. The van der Waals surface area contributed by atoms with Crippen molar-refractivity contribution >= 4 is 39.7 Å². The summed E-state index contributed by atoms with van der Waals surface area (Å²) in [6.07, 6.45) is 3.53. The Morgan fingerprint density at radius 1 is 1.27 bits per heavy atom. The van der Waals surface area contributed by atoms with E-state index in [1.54, 1.807) is 12.1 Å². The Kier molecular flexibility index (Phi) is 7.47. The van der Waals surface area contributed by atoms with Gasteiger partial charge in [0.25, 0.3) is 0 Å². The van der Waals surface area contributed by atoms with Crippen molar-refractivity contribution in [2.45, 2.75) is 25.8 Å². The molecule has 4 rings (SSSR count). The van der Waals surface area contributed by atoms with E-state index in [-0.39, 0.29) is 10.7 Å². The number of hydrogen-bond donors (Lipinski definition) is 3. The second-order valence-corrected chi connectivity index (χ2v) is 8.78. The Bertz CT molecular complexity index is 1110. The molecular weight excluding hydrogens is 443 g/mol. The van der Waals surface area contributed by atoms with Crippen LogP contribution in [0, 0.1) is 11.7 Å². The normalized spacial score (nSPS) is 18.6. The molecule has 3 aromatic rings. The Balaban J connectivity index is 1.50. The highest BCUT2D eigenvalue weighted by Gasteiger charge is 2.29. The lowest BCUT2D eigenvalue weighted by Crippen LogP contribution is -2.39. The summed E-state index contributed by atoms with van der Waals surface area (Å²) in [5.41, 5.74) is 7.75. The first-order valence-corrected chi connectivity index (χ1v) is 11.6. The minimum Gasteiger partial charge on any atom is -0.491 e. The second-order valence-electron chi connectivity index (χ2n) is 8.37. The number of fused-ring (bicyclic) bond motifs is 1. The first kappa shape index (κ1) is 23.5. The van der Waals surface area contributed by atoms with Crippen LogP contribution in [0.25, 0.3) is 10.9 Å². The number of benzene rings is 2. The predicted molar refractivity (Wildman–Crippen MR) is 132 cm³/mol. The standard InChI is InChI=1S/C24H30ClFN6O/c1-15-7-9-32(21(15)13-27)8-4-10-33-22-11-16-19(12-20(22)28-2)29-14-30-24(16)31-18-6-3-5-17(25)23(18)26/h3,5-6,11-12,14-15,21,28H,4,7-10,13,27H2,1-2H3,(H,29,30,31). The molecule has 1 aliphatic heterocycles. The van der Waals surface area contributed by atoms with Crippen molar-refractivity contribution in [1.82, 2.24) is 14.9 Å². The van der Waals surface area contributed by atoms with Crippen LogP contribution in [0.2, 0.25) is 5.02 Å². The van der Waals surface area contributed by atoms with E-state index in [2.05, 4.69) is 32.4 Å². The Morgan fingerprint density at radius 2 is 2.12 bits per heavy atom. The number of anilines is 3. The first-order valence-electron chi connectivity index (χ1n) is 11.3. The van der Waals surface area contributed by atoms with Gasteiger partial charge in [-0.15, -0.1) is 0 Å². The molecule has 1 aromatic heterocycles. The number of aromatic nitrogens is 2. The van der Waals surface area contributed by atoms with Gasteiger partial charge in [-0.3, -0.25) is 4.90 Å². The molecule has 2 aromatic carbocycles. The van der Waals surface area contributed by atoms with Crippen molar-refractivity contribution in [3.63, 3.8) is 0 Å². The lowest BCUT2D eigenvalue weighted by molar-refractivity contribution is 0.210. The van der Waals surface area contributed by atoms with E-state index in [0.29, 0.717) is 42.2 Å². The molecule has 0 spiro atoms. The van der Waals surface area contributed by atoms with Gasteiger partial charge in [-0.1, -0.05) is 24.6 Å². The van der Waals surface area contributed by atoms with Gasteiger partial charge >= 0.3 is 0 Å². The molecule has 1 aliphatic rings. The average Bonchev–Trinajstić information content (AvgIpc) is 3.18. The maximum atomic E-state index is 14.4. The van der Waals surface area contributed by atoms with Crippen LogP contribution in [0.3, 0.4) is 0 Å². The molecule has 0 radical (unpaired) electrons. The zero-order valence-corrected chi connectivity index (χ0v) is 19.7. The predicted octanol–water partition coefficient (Wildman–Crippen LogP) is 4.65. The zero-order valence-electron chi connectivity index (χ0n) is 18.9. The minimum absolute atomic E-state index is 0.0455. The van der Waals surface area contributed by atoms with Crippen LogP contribution in [0.4, 0.5) is 21.6 Å². The van der Waals surface area contributed by atoms with Crippen LogP contribution in [0.1, 0.15) is 19.8 Å². The van der Waals surface area contributed by atoms with Crippen molar-refractivity contribution in [2.75, 3.05) is 43.9 Å². The minimum atomic E-state index is -0.527. The van der Waals surface area contributed by atoms with Gasteiger partial charge in [-0.2, -0.15) is 0 Å². The quantitative estimate of drug-likeness (QED) is 0.391. The molecule has 2 unspecified atom stereocenters. The van der Waals surface area contributed by atoms with Gasteiger partial charge in [0, 0.05) is 31.6 Å². The Hall–Kier alpha value is -2.68. The molecule has 9 heteroatoms. The maximum absolute atomic E-state index is 14.4. The van der Waals surface area contributed by atoms with Crippen molar-refractivity contribution in [3.05, 3.63) is 47.5 Å². The van der Waals surface area contributed by atoms with E-state index in [0.717, 1.165) is 30.6 Å². The molecule has 0 aliphatic carbocycles. The largest absolute Gasteiger partial charge is 0.491 e. The number of ether oxygens (including phenoxy) is 1. The summed E-state index contributed by atoms with van der Waals surface area (Å²) in [6.45, 7) is 5.58. The average molecular weight is 473 g/mol. The summed E-state index contributed by atoms with van der Waals surface area (Å²) >= 11 is 5.92. The highest BCUT2D eigenvalue weighted by molar-refractivity contribution is 6.31.